The second kappa shape index (κ2) is 8.60. The maximum atomic E-state index is 14.6. The number of carboxylic acid groups (broad SMARTS) is 2. The molecular weight excluding hydrogens is 411 g/mol. The smallest absolute Gasteiger partial charge is 0.308 e. The molecule has 1 aliphatic heterocycles. The van der Waals surface area contributed by atoms with Crippen molar-refractivity contribution in [3.05, 3.63) is 48.5 Å². The van der Waals surface area contributed by atoms with Crippen molar-refractivity contribution in [2.24, 2.45) is 5.92 Å². The van der Waals surface area contributed by atoms with Crippen LogP contribution in [0.4, 0.5) is 0 Å². The fourth-order valence-electron chi connectivity index (χ4n) is 4.29. The summed E-state index contributed by atoms with van der Waals surface area (Å²) in [6.07, 6.45) is -1.45. The first-order valence-corrected chi connectivity index (χ1v) is 11.1. The number of para-hydroxylation sites is 1. The molecule has 0 fully saturated rings. The number of carbonyl (C=O) groups is 2. The number of benzene rings is 2. The van der Waals surface area contributed by atoms with E-state index in [0.29, 0.717) is 11.1 Å². The van der Waals surface area contributed by atoms with Crippen LogP contribution in [-0.4, -0.2) is 50.7 Å². The molecule has 0 bridgehead atoms. The monoisotopic (exact) mass is 434 g/mol. The Bertz CT molecular complexity index is 996. The molecule has 0 amide bonds. The first kappa shape index (κ1) is 22.0. The van der Waals surface area contributed by atoms with E-state index in [9.17, 15) is 34.6 Å². The second-order valence-corrected chi connectivity index (χ2v) is 9.85. The summed E-state index contributed by atoms with van der Waals surface area (Å²) in [5.74, 6) is -4.24. The van der Waals surface area contributed by atoms with Crippen molar-refractivity contribution in [1.29, 1.82) is 0 Å². The van der Waals surface area contributed by atoms with Gasteiger partial charge in [-0.05, 0) is 30.5 Å². The number of rotatable bonds is 9. The van der Waals surface area contributed by atoms with Gasteiger partial charge in [-0.3, -0.25) is 14.2 Å². The largest absolute Gasteiger partial charge is 0.481 e. The first-order valence-electron chi connectivity index (χ1n) is 9.46. The Morgan fingerprint density at radius 1 is 0.933 bits per heavy atom. The fourth-order valence-corrected chi connectivity index (χ4v) is 7.68. The molecule has 2 aromatic carbocycles. The minimum absolute atomic E-state index is 0.252. The summed E-state index contributed by atoms with van der Waals surface area (Å²) in [5.41, 5.74) is 1.26. The molecular formula is C21H23O8P. The predicted molar refractivity (Wildman–Crippen MR) is 109 cm³/mol. The van der Waals surface area contributed by atoms with Gasteiger partial charge in [0.1, 0.15) is 5.75 Å². The highest BCUT2D eigenvalue weighted by atomic mass is 31.2. The third kappa shape index (κ3) is 3.51. The zero-order chi connectivity index (χ0) is 21.9. The molecule has 0 spiro atoms. The Morgan fingerprint density at radius 2 is 1.50 bits per heavy atom. The first-order chi connectivity index (χ1) is 14.3. The normalized spacial score (nSPS) is 18.6. The molecule has 0 aromatic heterocycles. The van der Waals surface area contributed by atoms with E-state index in [1.165, 1.54) is 0 Å². The molecule has 4 N–H and O–H groups in total. The molecule has 30 heavy (non-hydrogen) atoms. The molecule has 160 valence electrons. The molecule has 2 aromatic rings. The summed E-state index contributed by atoms with van der Waals surface area (Å²) in [6, 6.07) is 13.5. The van der Waals surface area contributed by atoms with Crippen molar-refractivity contribution in [1.82, 2.24) is 0 Å². The summed E-state index contributed by atoms with van der Waals surface area (Å²) >= 11 is 0. The lowest BCUT2D eigenvalue weighted by molar-refractivity contribution is -0.150. The van der Waals surface area contributed by atoms with Crippen LogP contribution in [0.2, 0.25) is 0 Å². The van der Waals surface area contributed by atoms with Crippen LogP contribution in [0.3, 0.4) is 0 Å². The van der Waals surface area contributed by atoms with Gasteiger partial charge in [0, 0.05) is 18.8 Å². The lowest BCUT2D eigenvalue weighted by Crippen LogP contribution is -2.49. The number of hydrogen-bond acceptors (Lipinski definition) is 6. The SMILES string of the molecule is O=C(O)CC(C(=O)O)C(CCO)(CCO)P1(=O)Oc2ccccc2-c2ccccc21. The molecule has 1 heterocycles. The van der Waals surface area contributed by atoms with E-state index in [1.807, 2.05) is 0 Å². The average molecular weight is 434 g/mol. The third-order valence-electron chi connectivity index (χ3n) is 5.63. The maximum Gasteiger partial charge on any atom is 0.308 e. The molecule has 3 rings (SSSR count). The van der Waals surface area contributed by atoms with Gasteiger partial charge in [0.05, 0.1) is 22.8 Å². The van der Waals surface area contributed by atoms with Crippen LogP contribution < -0.4 is 9.83 Å². The van der Waals surface area contributed by atoms with Crippen molar-refractivity contribution in [3.8, 4) is 16.9 Å². The van der Waals surface area contributed by atoms with Gasteiger partial charge in [-0.1, -0.05) is 36.4 Å². The van der Waals surface area contributed by atoms with Gasteiger partial charge in [-0.15, -0.1) is 0 Å². The molecule has 0 aliphatic carbocycles. The van der Waals surface area contributed by atoms with Crippen LogP contribution in [0.25, 0.3) is 11.1 Å². The highest BCUT2D eigenvalue weighted by Crippen LogP contribution is 2.67. The van der Waals surface area contributed by atoms with Crippen LogP contribution in [0.5, 0.6) is 5.75 Å². The Morgan fingerprint density at radius 3 is 2.07 bits per heavy atom. The van der Waals surface area contributed by atoms with E-state index in [2.05, 4.69) is 0 Å². The summed E-state index contributed by atoms with van der Waals surface area (Å²) < 4.78 is 20.7. The predicted octanol–water partition coefficient (Wildman–Crippen LogP) is 2.33. The van der Waals surface area contributed by atoms with Crippen molar-refractivity contribution in [2.75, 3.05) is 13.2 Å². The number of hydrogen-bond donors (Lipinski definition) is 4. The van der Waals surface area contributed by atoms with E-state index in [1.54, 1.807) is 48.5 Å². The Kier molecular flexibility index (Phi) is 6.31. The Balaban J connectivity index is 2.34. The third-order valence-corrected chi connectivity index (χ3v) is 9.04. The summed E-state index contributed by atoms with van der Waals surface area (Å²) in [4.78, 5) is 23.7. The average Bonchev–Trinajstić information content (AvgIpc) is 2.71. The molecule has 8 nitrogen and oxygen atoms in total. The van der Waals surface area contributed by atoms with E-state index in [4.69, 9.17) is 4.52 Å². The lowest BCUT2D eigenvalue weighted by atomic mass is 9.83. The highest BCUT2D eigenvalue weighted by molar-refractivity contribution is 7.69. The fraction of sp³-hybridized carbons (Fsp3) is 0.333. The molecule has 2 unspecified atom stereocenters. The summed E-state index contributed by atoms with van der Waals surface area (Å²) in [5, 5.41) is 37.2. The molecule has 2 atom stereocenters. The van der Waals surface area contributed by atoms with E-state index in [-0.39, 0.29) is 23.9 Å². The van der Waals surface area contributed by atoms with Gasteiger partial charge in [-0.2, -0.15) is 0 Å². The Labute approximate surface area is 173 Å². The van der Waals surface area contributed by atoms with Gasteiger partial charge >= 0.3 is 11.9 Å². The van der Waals surface area contributed by atoms with Crippen molar-refractivity contribution >= 4 is 24.6 Å². The molecule has 9 heteroatoms. The van der Waals surface area contributed by atoms with E-state index >= 15 is 0 Å². The second-order valence-electron chi connectivity index (χ2n) is 7.20. The maximum absolute atomic E-state index is 14.6. The van der Waals surface area contributed by atoms with Crippen molar-refractivity contribution in [2.45, 2.75) is 24.4 Å². The number of carboxylic acids is 2. The van der Waals surface area contributed by atoms with Crippen molar-refractivity contribution in [3.63, 3.8) is 0 Å². The van der Waals surface area contributed by atoms with Gasteiger partial charge < -0.3 is 24.9 Å². The quantitative estimate of drug-likeness (QED) is 0.441. The summed E-state index contributed by atoms with van der Waals surface area (Å²) in [6.45, 7) is -1.11. The van der Waals surface area contributed by atoms with Gasteiger partial charge in [0.2, 0.25) is 0 Å². The molecule has 0 saturated heterocycles. The minimum atomic E-state index is -4.14. The van der Waals surface area contributed by atoms with Crippen LogP contribution in [0.15, 0.2) is 48.5 Å². The van der Waals surface area contributed by atoms with Crippen LogP contribution in [0, 0.1) is 5.92 Å². The molecule has 0 saturated carbocycles. The lowest BCUT2D eigenvalue weighted by Gasteiger charge is -2.45. The Hall–Kier alpha value is -2.67. The van der Waals surface area contributed by atoms with Gasteiger partial charge in [0.15, 0.2) is 0 Å². The van der Waals surface area contributed by atoms with Gasteiger partial charge in [-0.25, -0.2) is 0 Å². The van der Waals surface area contributed by atoms with Gasteiger partial charge in [0.25, 0.3) is 7.37 Å². The van der Waals surface area contributed by atoms with E-state index in [0.717, 1.165) is 0 Å². The molecule has 0 radical (unpaired) electrons. The highest BCUT2D eigenvalue weighted by Gasteiger charge is 2.60. The summed E-state index contributed by atoms with van der Waals surface area (Å²) in [7, 11) is -4.14. The van der Waals surface area contributed by atoms with Crippen LogP contribution in [0.1, 0.15) is 19.3 Å². The number of aliphatic hydroxyl groups excluding tert-OH is 2. The topological polar surface area (TPSA) is 141 Å². The molecule has 1 aliphatic rings. The van der Waals surface area contributed by atoms with Crippen LogP contribution in [-0.2, 0) is 14.2 Å². The van der Waals surface area contributed by atoms with E-state index < -0.39 is 50.0 Å². The number of aliphatic carboxylic acids is 2. The van der Waals surface area contributed by atoms with Crippen molar-refractivity contribution < 1.29 is 39.1 Å². The van der Waals surface area contributed by atoms with Crippen LogP contribution >= 0.6 is 7.37 Å². The minimum Gasteiger partial charge on any atom is -0.481 e. The zero-order valence-electron chi connectivity index (χ0n) is 16.1. The standard InChI is InChI=1S/C21H23O8P/c22-11-9-21(10-12-23,16(20(26)27)13-19(24)25)30(28)18-8-4-2-6-15(18)14-5-1-3-7-17(14)29-30/h1-8,16,22-23H,9-13H2,(H,24,25)(H,26,27). The number of aliphatic hydroxyl groups is 2. The number of fused-ring (bicyclic) bond motifs is 3. The zero-order valence-corrected chi connectivity index (χ0v) is 17.0.